The van der Waals surface area contributed by atoms with Gasteiger partial charge in [-0.05, 0) is 25.0 Å². The lowest BCUT2D eigenvalue weighted by molar-refractivity contribution is -0.141. The summed E-state index contributed by atoms with van der Waals surface area (Å²) >= 11 is 0. The maximum atomic E-state index is 12.9. The van der Waals surface area contributed by atoms with E-state index < -0.39 is 29.7 Å². The number of halogens is 3. The number of likely N-dealkylation sites (tertiary alicyclic amines) is 1. The smallest absolute Gasteiger partial charge is 0.341 e. The number of hydrogen-bond acceptors (Lipinski definition) is 4. The van der Waals surface area contributed by atoms with Crippen LogP contribution in [0.5, 0.6) is 0 Å². The number of alkyl halides is 3. The number of rotatable bonds is 2. The Morgan fingerprint density at radius 2 is 1.74 bits per heavy atom. The third-order valence-electron chi connectivity index (χ3n) is 4.73. The average molecular weight is 384 g/mol. The zero-order valence-electron chi connectivity index (χ0n) is 14.8. The van der Waals surface area contributed by atoms with Crippen LogP contribution in [0.3, 0.4) is 0 Å². The minimum atomic E-state index is -4.69. The third-order valence-corrected chi connectivity index (χ3v) is 4.73. The Kier molecular flexibility index (Phi) is 5.07. The van der Waals surface area contributed by atoms with Gasteiger partial charge >= 0.3 is 11.9 Å². The number of aryl methyl sites for hydroxylation is 1. The lowest BCUT2D eigenvalue weighted by Crippen LogP contribution is -2.44. The van der Waals surface area contributed by atoms with E-state index in [9.17, 15) is 27.6 Å². The van der Waals surface area contributed by atoms with Gasteiger partial charge in [0, 0.05) is 20.1 Å². The van der Waals surface area contributed by atoms with Crippen LogP contribution >= 0.6 is 0 Å². The molecule has 1 fully saturated rings. The highest BCUT2D eigenvalue weighted by Crippen LogP contribution is 2.28. The van der Waals surface area contributed by atoms with E-state index >= 15 is 0 Å². The van der Waals surface area contributed by atoms with Crippen molar-refractivity contribution in [2.45, 2.75) is 38.4 Å². The molecule has 0 aliphatic carbocycles. The van der Waals surface area contributed by atoms with Gasteiger partial charge in [0.25, 0.3) is 5.56 Å². The molecule has 1 aliphatic heterocycles. The van der Waals surface area contributed by atoms with E-state index in [2.05, 4.69) is 4.98 Å². The molecule has 0 N–H and O–H groups in total. The number of amides is 1. The molecule has 3 heterocycles. The fourth-order valence-corrected chi connectivity index (χ4v) is 3.23. The van der Waals surface area contributed by atoms with Gasteiger partial charge in [-0.15, -0.1) is 0 Å². The number of carbonyl (C=O) groups excluding carboxylic acids is 1. The lowest BCUT2D eigenvalue weighted by atomic mass is 10.2. The summed E-state index contributed by atoms with van der Waals surface area (Å²) in [6.07, 6.45) is -0.924. The van der Waals surface area contributed by atoms with E-state index in [0.29, 0.717) is 19.2 Å². The number of hydrogen-bond donors (Lipinski definition) is 0. The monoisotopic (exact) mass is 384 g/mol. The van der Waals surface area contributed by atoms with Crippen LogP contribution in [-0.4, -0.2) is 38.0 Å². The van der Waals surface area contributed by atoms with Crippen LogP contribution in [-0.2, 0) is 24.6 Å². The van der Waals surface area contributed by atoms with Gasteiger partial charge in [-0.2, -0.15) is 13.2 Å². The average Bonchev–Trinajstić information content (AvgIpc) is 2.91. The van der Waals surface area contributed by atoms with Crippen LogP contribution in [0.1, 0.15) is 31.4 Å². The van der Waals surface area contributed by atoms with Gasteiger partial charge in [0.1, 0.15) is 17.9 Å². The number of fused-ring (bicyclic) bond motifs is 1. The Balaban J connectivity index is 2.03. The van der Waals surface area contributed by atoms with E-state index in [1.807, 2.05) is 0 Å². The SMILES string of the molecule is Cn1c(=O)n(CC(=O)N2CCCCCC2)c(=O)c2ccc(C(F)(F)F)nc21. The molecule has 0 atom stereocenters. The Morgan fingerprint density at radius 3 is 2.33 bits per heavy atom. The molecule has 0 spiro atoms. The molecule has 10 heteroatoms. The molecule has 146 valence electrons. The molecule has 0 saturated carbocycles. The van der Waals surface area contributed by atoms with Crippen molar-refractivity contribution in [2.75, 3.05) is 13.1 Å². The highest BCUT2D eigenvalue weighted by molar-refractivity contribution is 5.77. The Hall–Kier alpha value is -2.65. The van der Waals surface area contributed by atoms with E-state index in [4.69, 9.17) is 0 Å². The Morgan fingerprint density at radius 1 is 1.11 bits per heavy atom. The molecule has 1 aliphatic rings. The minimum Gasteiger partial charge on any atom is -0.341 e. The summed E-state index contributed by atoms with van der Waals surface area (Å²) in [7, 11) is 1.23. The fourth-order valence-electron chi connectivity index (χ4n) is 3.23. The van der Waals surface area contributed by atoms with Crippen molar-refractivity contribution in [3.63, 3.8) is 0 Å². The summed E-state index contributed by atoms with van der Waals surface area (Å²) in [5.74, 6) is -0.352. The van der Waals surface area contributed by atoms with Crippen LogP contribution in [0.25, 0.3) is 11.0 Å². The third kappa shape index (κ3) is 3.74. The standard InChI is InChI=1S/C17H19F3N4O3/c1-22-14-11(6-7-12(21-14)17(18,19)20)15(26)24(16(22)27)10-13(25)23-8-4-2-3-5-9-23/h6-7H,2-5,8-10H2,1H3. The van der Waals surface area contributed by atoms with Gasteiger partial charge in [-0.1, -0.05) is 12.8 Å². The van der Waals surface area contributed by atoms with E-state index in [1.165, 1.54) is 7.05 Å². The fraction of sp³-hybridized carbons (Fsp3) is 0.529. The number of nitrogens with zero attached hydrogens (tertiary/aromatic N) is 4. The highest BCUT2D eigenvalue weighted by Gasteiger charge is 2.33. The molecular formula is C17H19F3N4O3. The van der Waals surface area contributed by atoms with Gasteiger partial charge < -0.3 is 4.90 Å². The summed E-state index contributed by atoms with van der Waals surface area (Å²) in [4.78, 5) is 42.6. The summed E-state index contributed by atoms with van der Waals surface area (Å²) in [5.41, 5.74) is -3.25. The van der Waals surface area contributed by atoms with Crippen molar-refractivity contribution in [1.29, 1.82) is 0 Å². The van der Waals surface area contributed by atoms with Crippen molar-refractivity contribution in [2.24, 2.45) is 7.05 Å². The Labute approximate surface area is 152 Å². The first-order valence-corrected chi connectivity index (χ1v) is 8.65. The molecule has 1 saturated heterocycles. The molecule has 1 amide bonds. The van der Waals surface area contributed by atoms with Gasteiger partial charge in [0.2, 0.25) is 5.91 Å². The summed E-state index contributed by atoms with van der Waals surface area (Å²) < 4.78 is 40.2. The number of aromatic nitrogens is 3. The molecule has 0 radical (unpaired) electrons. The second-order valence-electron chi connectivity index (χ2n) is 6.59. The molecule has 0 bridgehead atoms. The molecular weight excluding hydrogens is 365 g/mol. The lowest BCUT2D eigenvalue weighted by Gasteiger charge is -2.21. The van der Waals surface area contributed by atoms with Crippen molar-refractivity contribution in [1.82, 2.24) is 19.0 Å². The minimum absolute atomic E-state index is 0.145. The first kappa shape index (κ1) is 19.1. The molecule has 7 nitrogen and oxygen atoms in total. The van der Waals surface area contributed by atoms with Crippen molar-refractivity contribution >= 4 is 16.9 Å². The predicted octanol–water partition coefficient (Wildman–Crippen LogP) is 1.52. The van der Waals surface area contributed by atoms with E-state index in [-0.39, 0.29) is 16.9 Å². The molecule has 3 rings (SSSR count). The zero-order valence-corrected chi connectivity index (χ0v) is 14.8. The Bertz CT molecular complexity index is 986. The second-order valence-corrected chi connectivity index (χ2v) is 6.59. The van der Waals surface area contributed by atoms with Gasteiger partial charge in [0.05, 0.1) is 5.39 Å². The number of pyridine rings is 1. The largest absolute Gasteiger partial charge is 0.433 e. The summed E-state index contributed by atoms with van der Waals surface area (Å²) in [6, 6.07) is 1.68. The summed E-state index contributed by atoms with van der Waals surface area (Å²) in [6.45, 7) is 0.693. The number of carbonyl (C=O) groups is 1. The second kappa shape index (κ2) is 7.16. The maximum absolute atomic E-state index is 12.9. The van der Waals surface area contributed by atoms with Crippen molar-refractivity contribution in [3.05, 3.63) is 38.7 Å². The van der Waals surface area contributed by atoms with Crippen LogP contribution in [0.15, 0.2) is 21.7 Å². The van der Waals surface area contributed by atoms with Crippen LogP contribution in [0.4, 0.5) is 13.2 Å². The van der Waals surface area contributed by atoms with Crippen LogP contribution < -0.4 is 11.2 Å². The van der Waals surface area contributed by atoms with Gasteiger partial charge in [-0.25, -0.2) is 9.78 Å². The molecule has 2 aromatic rings. The quantitative estimate of drug-likeness (QED) is 0.787. The van der Waals surface area contributed by atoms with Gasteiger partial charge in [0.15, 0.2) is 0 Å². The highest BCUT2D eigenvalue weighted by atomic mass is 19.4. The molecule has 0 unspecified atom stereocenters. The normalized spacial score (nSPS) is 15.8. The molecule has 27 heavy (non-hydrogen) atoms. The van der Waals surface area contributed by atoms with E-state index in [0.717, 1.165) is 40.9 Å². The van der Waals surface area contributed by atoms with Crippen molar-refractivity contribution < 1.29 is 18.0 Å². The van der Waals surface area contributed by atoms with Crippen LogP contribution in [0.2, 0.25) is 0 Å². The predicted molar refractivity (Wildman–Crippen MR) is 91.3 cm³/mol. The maximum Gasteiger partial charge on any atom is 0.433 e. The summed E-state index contributed by atoms with van der Waals surface area (Å²) in [5, 5.41) is -0.145. The topological polar surface area (TPSA) is 77.2 Å². The van der Waals surface area contributed by atoms with Crippen LogP contribution in [0, 0.1) is 0 Å². The first-order valence-electron chi connectivity index (χ1n) is 8.65. The first-order chi connectivity index (χ1) is 12.7. The van der Waals surface area contributed by atoms with E-state index in [1.54, 1.807) is 4.90 Å². The molecule has 0 aromatic carbocycles. The zero-order chi connectivity index (χ0) is 19.8. The van der Waals surface area contributed by atoms with Crippen molar-refractivity contribution in [3.8, 4) is 0 Å². The van der Waals surface area contributed by atoms with Gasteiger partial charge in [-0.3, -0.25) is 18.7 Å². The molecule has 2 aromatic heterocycles.